The van der Waals surface area contributed by atoms with E-state index in [0.717, 1.165) is 17.7 Å². The van der Waals surface area contributed by atoms with Crippen LogP contribution in [0.25, 0.3) is 0 Å². The number of amides is 1. The summed E-state index contributed by atoms with van der Waals surface area (Å²) in [5, 5.41) is 12.0. The van der Waals surface area contributed by atoms with Gasteiger partial charge in [-0.05, 0) is 17.7 Å². The van der Waals surface area contributed by atoms with Crippen molar-refractivity contribution in [2.75, 3.05) is 18.1 Å². The van der Waals surface area contributed by atoms with Gasteiger partial charge in [-0.2, -0.15) is 17.0 Å². The molecule has 1 saturated heterocycles. The fourth-order valence-electron chi connectivity index (χ4n) is 2.04. The highest BCUT2D eigenvalue weighted by atomic mass is 32.2. The minimum atomic E-state index is -0.665. The molecule has 1 fully saturated rings. The van der Waals surface area contributed by atoms with E-state index in [1.54, 1.807) is 11.8 Å². The summed E-state index contributed by atoms with van der Waals surface area (Å²) < 4.78 is 5.47. The lowest BCUT2D eigenvalue weighted by Crippen LogP contribution is -2.47. The smallest absolute Gasteiger partial charge is 0.223 e. The quantitative estimate of drug-likeness (QED) is 0.815. The van der Waals surface area contributed by atoms with Gasteiger partial charge < -0.3 is 10.1 Å². The van der Waals surface area contributed by atoms with Gasteiger partial charge in [0.05, 0.1) is 25.7 Å². The van der Waals surface area contributed by atoms with E-state index in [4.69, 9.17) is 4.74 Å². The minimum absolute atomic E-state index is 0.109. The third-order valence-electron chi connectivity index (χ3n) is 3.20. The molecule has 1 heterocycles. The molecule has 4 nitrogen and oxygen atoms in total. The Morgan fingerprint density at radius 3 is 2.90 bits per heavy atom. The van der Waals surface area contributed by atoms with Crippen molar-refractivity contribution in [2.45, 2.75) is 25.0 Å². The van der Waals surface area contributed by atoms with Crippen molar-refractivity contribution in [3.8, 4) is 6.07 Å². The van der Waals surface area contributed by atoms with Crippen LogP contribution in [-0.4, -0.2) is 29.6 Å². The van der Waals surface area contributed by atoms with Crippen molar-refractivity contribution < 1.29 is 9.53 Å². The summed E-state index contributed by atoms with van der Waals surface area (Å²) in [6.07, 6.45) is 1.02. The van der Waals surface area contributed by atoms with Gasteiger partial charge >= 0.3 is 0 Å². The van der Waals surface area contributed by atoms with Crippen LogP contribution in [0.3, 0.4) is 0 Å². The maximum absolute atomic E-state index is 11.8. The lowest BCUT2D eigenvalue weighted by Gasteiger charge is -2.21. The third-order valence-corrected chi connectivity index (χ3v) is 4.39. The molecule has 1 aromatic carbocycles. The molecule has 0 radical (unpaired) electrons. The monoisotopic (exact) mass is 290 g/mol. The van der Waals surface area contributed by atoms with E-state index in [9.17, 15) is 10.1 Å². The highest BCUT2D eigenvalue weighted by Gasteiger charge is 2.35. The number of ether oxygens (including phenoxy) is 1. The second-order valence-corrected chi connectivity index (χ2v) is 5.94. The summed E-state index contributed by atoms with van der Waals surface area (Å²) in [5.74, 6) is 1.50. The van der Waals surface area contributed by atoms with Crippen molar-refractivity contribution in [3.63, 3.8) is 0 Å². The van der Waals surface area contributed by atoms with Gasteiger partial charge in [0.1, 0.15) is 5.54 Å². The molecule has 0 saturated carbocycles. The molecule has 2 rings (SSSR count). The van der Waals surface area contributed by atoms with Crippen molar-refractivity contribution in [1.82, 2.24) is 5.32 Å². The summed E-state index contributed by atoms with van der Waals surface area (Å²) in [5.41, 5.74) is 0.426. The van der Waals surface area contributed by atoms with Crippen LogP contribution < -0.4 is 5.32 Å². The fraction of sp³-hybridized carbons (Fsp3) is 0.467. The number of rotatable bonds is 6. The Hall–Kier alpha value is -1.51. The number of thioether (sulfide) groups is 1. The van der Waals surface area contributed by atoms with Gasteiger partial charge in [-0.15, -0.1) is 0 Å². The molecule has 0 spiro atoms. The molecule has 1 aromatic rings. The third kappa shape index (κ3) is 4.26. The highest BCUT2D eigenvalue weighted by molar-refractivity contribution is 7.99. The van der Waals surface area contributed by atoms with Gasteiger partial charge in [0.25, 0.3) is 0 Å². The van der Waals surface area contributed by atoms with Crippen LogP contribution >= 0.6 is 11.8 Å². The van der Waals surface area contributed by atoms with E-state index in [-0.39, 0.29) is 5.91 Å². The van der Waals surface area contributed by atoms with E-state index in [1.165, 1.54) is 0 Å². The van der Waals surface area contributed by atoms with Crippen molar-refractivity contribution in [1.29, 1.82) is 5.26 Å². The van der Waals surface area contributed by atoms with Crippen molar-refractivity contribution in [3.05, 3.63) is 35.9 Å². The number of nitriles is 1. The van der Waals surface area contributed by atoms with Gasteiger partial charge in [0.15, 0.2) is 0 Å². The molecule has 1 amide bonds. The van der Waals surface area contributed by atoms with E-state index in [2.05, 4.69) is 11.4 Å². The molecule has 5 heteroatoms. The Morgan fingerprint density at radius 2 is 2.25 bits per heavy atom. The molecule has 0 bridgehead atoms. The van der Waals surface area contributed by atoms with Crippen LogP contribution in [0.4, 0.5) is 0 Å². The molecule has 0 aromatic heterocycles. The maximum Gasteiger partial charge on any atom is 0.223 e. The number of carbonyl (C=O) groups is 1. The van der Waals surface area contributed by atoms with Crippen molar-refractivity contribution in [2.24, 2.45) is 0 Å². The largest absolute Gasteiger partial charge is 0.376 e. The Kier molecular flexibility index (Phi) is 5.45. The molecule has 1 aliphatic heterocycles. The van der Waals surface area contributed by atoms with Crippen LogP contribution in [0.5, 0.6) is 0 Å². The molecule has 20 heavy (non-hydrogen) atoms. The van der Waals surface area contributed by atoms with Gasteiger partial charge in [-0.1, -0.05) is 30.3 Å². The Morgan fingerprint density at radius 1 is 1.45 bits per heavy atom. The summed E-state index contributed by atoms with van der Waals surface area (Å²) in [4.78, 5) is 11.8. The minimum Gasteiger partial charge on any atom is -0.376 e. The van der Waals surface area contributed by atoms with Gasteiger partial charge in [0.2, 0.25) is 5.91 Å². The predicted molar refractivity (Wildman–Crippen MR) is 79.1 cm³/mol. The van der Waals surface area contributed by atoms with Gasteiger partial charge in [0, 0.05) is 5.75 Å². The summed E-state index contributed by atoms with van der Waals surface area (Å²) >= 11 is 1.70. The zero-order valence-corrected chi connectivity index (χ0v) is 12.1. The van der Waals surface area contributed by atoms with Crippen LogP contribution in [0, 0.1) is 11.3 Å². The van der Waals surface area contributed by atoms with Crippen LogP contribution in [0.2, 0.25) is 0 Å². The predicted octanol–water partition coefficient (Wildman–Crippen LogP) is 2.11. The second-order valence-electron chi connectivity index (χ2n) is 4.83. The molecule has 0 aliphatic carbocycles. The molecular weight excluding hydrogens is 272 g/mol. The maximum atomic E-state index is 11.8. The standard InChI is InChI=1S/C15H18N2O2S/c16-11-15(7-9-20-12-15)17-14(18)6-8-19-10-13-4-2-1-3-5-13/h1-5H,6-10,12H2,(H,17,18)/t15-/m0/s1. The molecule has 1 atom stereocenters. The van der Waals surface area contributed by atoms with E-state index >= 15 is 0 Å². The zero-order valence-electron chi connectivity index (χ0n) is 11.3. The van der Waals surface area contributed by atoms with Crippen LogP contribution in [0.1, 0.15) is 18.4 Å². The fourth-order valence-corrected chi connectivity index (χ4v) is 3.30. The summed E-state index contributed by atoms with van der Waals surface area (Å²) in [6, 6.07) is 12.1. The molecular formula is C15H18N2O2S. The summed E-state index contributed by atoms with van der Waals surface area (Å²) in [6.45, 7) is 0.878. The Bertz CT molecular complexity index is 478. The topological polar surface area (TPSA) is 62.1 Å². The summed E-state index contributed by atoms with van der Waals surface area (Å²) in [7, 11) is 0. The normalized spacial score (nSPS) is 21.4. The van der Waals surface area contributed by atoms with E-state index < -0.39 is 5.54 Å². The first-order chi connectivity index (χ1) is 9.74. The van der Waals surface area contributed by atoms with Crippen LogP contribution in [-0.2, 0) is 16.1 Å². The van der Waals surface area contributed by atoms with Gasteiger partial charge in [-0.3, -0.25) is 4.79 Å². The molecule has 106 valence electrons. The zero-order chi connectivity index (χ0) is 14.3. The molecule has 1 aliphatic rings. The Balaban J connectivity index is 1.67. The molecule has 1 N–H and O–H groups in total. The lowest BCUT2D eigenvalue weighted by atomic mass is 10.0. The van der Waals surface area contributed by atoms with Crippen molar-refractivity contribution >= 4 is 17.7 Å². The van der Waals surface area contributed by atoms with E-state index in [0.29, 0.717) is 25.4 Å². The average molecular weight is 290 g/mol. The second kappa shape index (κ2) is 7.32. The number of benzene rings is 1. The highest BCUT2D eigenvalue weighted by Crippen LogP contribution is 2.27. The Labute approximate surface area is 123 Å². The van der Waals surface area contributed by atoms with Crippen LogP contribution in [0.15, 0.2) is 30.3 Å². The average Bonchev–Trinajstić information content (AvgIpc) is 2.94. The lowest BCUT2D eigenvalue weighted by molar-refractivity contribution is -0.123. The SMILES string of the molecule is N#C[C@@]1(NC(=O)CCOCc2ccccc2)CCSC1. The number of nitrogens with one attached hydrogen (secondary N) is 1. The number of hydrogen-bond acceptors (Lipinski definition) is 4. The first kappa shape index (κ1) is 14.9. The number of carbonyl (C=O) groups excluding carboxylic acids is 1. The van der Waals surface area contributed by atoms with Gasteiger partial charge in [-0.25, -0.2) is 0 Å². The number of nitrogens with zero attached hydrogens (tertiary/aromatic N) is 1. The van der Waals surface area contributed by atoms with E-state index in [1.807, 2.05) is 30.3 Å². The molecule has 0 unspecified atom stereocenters. The number of hydrogen-bond donors (Lipinski definition) is 1. The first-order valence-corrected chi connectivity index (χ1v) is 7.81. The first-order valence-electron chi connectivity index (χ1n) is 6.66.